The van der Waals surface area contributed by atoms with Gasteiger partial charge >= 0.3 is 0 Å². The van der Waals surface area contributed by atoms with Crippen LogP contribution in [-0.2, 0) is 11.2 Å². The van der Waals surface area contributed by atoms with Gasteiger partial charge in [-0.05, 0) is 43.7 Å². The van der Waals surface area contributed by atoms with Crippen molar-refractivity contribution in [1.29, 1.82) is 0 Å². The molecule has 130 valence electrons. The second-order valence-electron chi connectivity index (χ2n) is 6.23. The molecule has 0 atom stereocenters. The smallest absolute Gasteiger partial charge is 0.230 e. The lowest BCUT2D eigenvalue weighted by atomic mass is 10.1. The van der Waals surface area contributed by atoms with E-state index in [-0.39, 0.29) is 12.3 Å². The van der Waals surface area contributed by atoms with Crippen LogP contribution in [0.5, 0.6) is 0 Å². The van der Waals surface area contributed by atoms with E-state index in [1.54, 1.807) is 6.20 Å². The second-order valence-corrected chi connectivity index (χ2v) is 6.23. The van der Waals surface area contributed by atoms with E-state index >= 15 is 0 Å². The SMILES string of the molecule is Cc1ccccc1-c1nc(CC(=O)Nc2ccc3cn[nH]c3c2)c(C)o1. The first-order chi connectivity index (χ1) is 12.6. The van der Waals surface area contributed by atoms with Gasteiger partial charge < -0.3 is 9.73 Å². The average molecular weight is 346 g/mol. The Kier molecular flexibility index (Phi) is 4.01. The van der Waals surface area contributed by atoms with Gasteiger partial charge in [-0.3, -0.25) is 9.89 Å². The lowest BCUT2D eigenvalue weighted by Crippen LogP contribution is -2.15. The molecule has 0 aliphatic heterocycles. The van der Waals surface area contributed by atoms with E-state index in [0.717, 1.165) is 22.0 Å². The first-order valence-electron chi connectivity index (χ1n) is 8.35. The maximum atomic E-state index is 12.4. The van der Waals surface area contributed by atoms with Crippen molar-refractivity contribution < 1.29 is 9.21 Å². The first-order valence-corrected chi connectivity index (χ1v) is 8.35. The van der Waals surface area contributed by atoms with E-state index in [1.165, 1.54) is 0 Å². The molecular weight excluding hydrogens is 328 g/mol. The fourth-order valence-corrected chi connectivity index (χ4v) is 2.89. The van der Waals surface area contributed by atoms with Gasteiger partial charge in [0, 0.05) is 16.6 Å². The van der Waals surface area contributed by atoms with E-state index in [4.69, 9.17) is 4.42 Å². The number of aromatic nitrogens is 3. The van der Waals surface area contributed by atoms with Gasteiger partial charge in [-0.2, -0.15) is 5.10 Å². The van der Waals surface area contributed by atoms with Crippen LogP contribution in [0.2, 0.25) is 0 Å². The molecule has 4 rings (SSSR count). The van der Waals surface area contributed by atoms with Crippen LogP contribution in [-0.4, -0.2) is 21.1 Å². The van der Waals surface area contributed by atoms with Crippen molar-refractivity contribution in [2.24, 2.45) is 0 Å². The Bertz CT molecular complexity index is 1090. The van der Waals surface area contributed by atoms with E-state index in [1.807, 2.05) is 56.3 Å². The zero-order valence-corrected chi connectivity index (χ0v) is 14.5. The number of oxazole rings is 1. The number of hydrogen-bond acceptors (Lipinski definition) is 4. The summed E-state index contributed by atoms with van der Waals surface area (Å²) < 4.78 is 5.78. The Labute approximate surface area is 150 Å². The Morgan fingerprint density at radius 1 is 1.19 bits per heavy atom. The van der Waals surface area contributed by atoms with Crippen molar-refractivity contribution in [3.8, 4) is 11.5 Å². The number of aromatic amines is 1. The van der Waals surface area contributed by atoms with Crippen LogP contribution >= 0.6 is 0 Å². The predicted octanol–water partition coefficient (Wildman–Crippen LogP) is 4.02. The first kappa shape index (κ1) is 16.1. The summed E-state index contributed by atoms with van der Waals surface area (Å²) in [7, 11) is 0. The highest BCUT2D eigenvalue weighted by molar-refractivity contribution is 5.94. The van der Waals surface area contributed by atoms with Gasteiger partial charge in [-0.25, -0.2) is 4.98 Å². The summed E-state index contributed by atoms with van der Waals surface area (Å²) >= 11 is 0. The van der Waals surface area contributed by atoms with Gasteiger partial charge in [0.05, 0.1) is 23.8 Å². The summed E-state index contributed by atoms with van der Waals surface area (Å²) in [5, 5.41) is 10.8. The topological polar surface area (TPSA) is 83.8 Å². The summed E-state index contributed by atoms with van der Waals surface area (Å²) in [6, 6.07) is 13.5. The zero-order valence-electron chi connectivity index (χ0n) is 14.5. The number of anilines is 1. The van der Waals surface area contributed by atoms with Crippen molar-refractivity contribution in [2.45, 2.75) is 20.3 Å². The number of nitrogens with zero attached hydrogens (tertiary/aromatic N) is 2. The van der Waals surface area contributed by atoms with Crippen LogP contribution in [0, 0.1) is 13.8 Å². The van der Waals surface area contributed by atoms with Crippen LogP contribution in [0.15, 0.2) is 53.1 Å². The number of nitrogens with one attached hydrogen (secondary N) is 2. The molecule has 1 amide bonds. The number of H-pyrrole nitrogens is 1. The molecule has 2 N–H and O–H groups in total. The van der Waals surface area contributed by atoms with E-state index in [2.05, 4.69) is 20.5 Å². The molecule has 0 bridgehead atoms. The Morgan fingerprint density at radius 3 is 2.88 bits per heavy atom. The second kappa shape index (κ2) is 6.48. The fraction of sp³-hybridized carbons (Fsp3) is 0.150. The number of rotatable bonds is 4. The van der Waals surface area contributed by atoms with Crippen molar-refractivity contribution in [3.63, 3.8) is 0 Å². The van der Waals surface area contributed by atoms with Gasteiger partial charge in [0.2, 0.25) is 11.8 Å². The molecule has 26 heavy (non-hydrogen) atoms. The minimum atomic E-state index is -0.142. The molecule has 2 aromatic heterocycles. The predicted molar refractivity (Wildman–Crippen MR) is 99.8 cm³/mol. The highest BCUT2D eigenvalue weighted by atomic mass is 16.4. The maximum absolute atomic E-state index is 12.4. The standard InChI is InChI=1S/C20H18N4O2/c1-12-5-3-4-6-16(12)20-23-17(13(2)26-20)10-19(25)22-15-8-7-14-11-21-24-18(14)9-15/h3-9,11H,10H2,1-2H3,(H,21,24)(H,22,25). The summed E-state index contributed by atoms with van der Waals surface area (Å²) in [5.41, 5.74) is 4.25. The van der Waals surface area contributed by atoms with Crippen LogP contribution in [0.3, 0.4) is 0 Å². The summed E-state index contributed by atoms with van der Waals surface area (Å²) in [4.78, 5) is 16.9. The minimum absolute atomic E-state index is 0.142. The molecule has 4 aromatic rings. The van der Waals surface area contributed by atoms with E-state index in [9.17, 15) is 4.79 Å². The van der Waals surface area contributed by atoms with Crippen molar-refractivity contribution in [1.82, 2.24) is 15.2 Å². The largest absolute Gasteiger partial charge is 0.441 e. The molecule has 6 nitrogen and oxygen atoms in total. The van der Waals surface area contributed by atoms with Crippen LogP contribution in [0.25, 0.3) is 22.4 Å². The molecule has 0 unspecified atom stereocenters. The van der Waals surface area contributed by atoms with Crippen molar-refractivity contribution >= 4 is 22.5 Å². The van der Waals surface area contributed by atoms with Crippen molar-refractivity contribution in [2.75, 3.05) is 5.32 Å². The molecule has 0 saturated heterocycles. The van der Waals surface area contributed by atoms with Gasteiger partial charge in [-0.15, -0.1) is 0 Å². The molecular formula is C20H18N4O2. The number of aryl methyl sites for hydroxylation is 2. The highest BCUT2D eigenvalue weighted by Crippen LogP contribution is 2.25. The quantitative estimate of drug-likeness (QED) is 0.585. The van der Waals surface area contributed by atoms with Gasteiger partial charge in [-0.1, -0.05) is 18.2 Å². The maximum Gasteiger partial charge on any atom is 0.230 e. The monoisotopic (exact) mass is 346 g/mol. The molecule has 0 aliphatic carbocycles. The molecule has 0 saturated carbocycles. The third-order valence-corrected chi connectivity index (χ3v) is 4.32. The normalized spacial score (nSPS) is 11.0. The number of benzene rings is 2. The Hall–Kier alpha value is -3.41. The van der Waals surface area contributed by atoms with Crippen molar-refractivity contribution in [3.05, 3.63) is 65.7 Å². The van der Waals surface area contributed by atoms with Crippen LogP contribution in [0.1, 0.15) is 17.0 Å². The minimum Gasteiger partial charge on any atom is -0.441 e. The van der Waals surface area contributed by atoms with Crippen LogP contribution < -0.4 is 5.32 Å². The van der Waals surface area contributed by atoms with Gasteiger partial charge in [0.25, 0.3) is 0 Å². The third kappa shape index (κ3) is 3.09. The van der Waals surface area contributed by atoms with E-state index < -0.39 is 0 Å². The highest BCUT2D eigenvalue weighted by Gasteiger charge is 2.16. The number of amides is 1. The summed E-state index contributed by atoms with van der Waals surface area (Å²) in [5.74, 6) is 1.06. The number of carbonyl (C=O) groups is 1. The molecule has 6 heteroatoms. The fourth-order valence-electron chi connectivity index (χ4n) is 2.89. The molecule has 2 aromatic carbocycles. The zero-order chi connectivity index (χ0) is 18.1. The number of carbonyl (C=O) groups excluding carboxylic acids is 1. The van der Waals surface area contributed by atoms with Gasteiger partial charge in [0.15, 0.2) is 0 Å². The average Bonchev–Trinajstić information content (AvgIpc) is 3.22. The molecule has 0 radical (unpaired) electrons. The lowest BCUT2D eigenvalue weighted by Gasteiger charge is -2.04. The number of fused-ring (bicyclic) bond motifs is 1. The lowest BCUT2D eigenvalue weighted by molar-refractivity contribution is -0.115. The third-order valence-electron chi connectivity index (χ3n) is 4.32. The summed E-state index contributed by atoms with van der Waals surface area (Å²) in [6.45, 7) is 3.83. The molecule has 0 aliphatic rings. The Balaban J connectivity index is 1.51. The molecule has 2 heterocycles. The van der Waals surface area contributed by atoms with Crippen LogP contribution in [0.4, 0.5) is 5.69 Å². The summed E-state index contributed by atoms with van der Waals surface area (Å²) in [6.07, 6.45) is 1.90. The number of hydrogen-bond donors (Lipinski definition) is 2. The van der Waals surface area contributed by atoms with E-state index in [0.29, 0.717) is 23.0 Å². The Morgan fingerprint density at radius 2 is 2.04 bits per heavy atom. The molecule has 0 fully saturated rings. The van der Waals surface area contributed by atoms with Gasteiger partial charge in [0.1, 0.15) is 5.76 Å². The molecule has 0 spiro atoms.